The van der Waals surface area contributed by atoms with Crippen LogP contribution in [0.3, 0.4) is 0 Å². The summed E-state index contributed by atoms with van der Waals surface area (Å²) in [4.78, 5) is 2.25. The molecule has 0 spiro atoms. The van der Waals surface area contributed by atoms with Crippen LogP contribution in [0.4, 0.5) is 5.69 Å². The van der Waals surface area contributed by atoms with Crippen molar-refractivity contribution in [2.45, 2.75) is 19.9 Å². The number of nitrogens with two attached hydrogens (primary N) is 1. The van der Waals surface area contributed by atoms with Crippen LogP contribution in [-0.2, 0) is 13.0 Å². The van der Waals surface area contributed by atoms with Crippen molar-refractivity contribution < 1.29 is 4.42 Å². The van der Waals surface area contributed by atoms with Crippen LogP contribution < -0.4 is 10.6 Å². The Bertz CT molecular complexity index is 511. The van der Waals surface area contributed by atoms with E-state index in [0.717, 1.165) is 36.0 Å². The van der Waals surface area contributed by atoms with Crippen LogP contribution >= 0.6 is 11.6 Å². The molecule has 0 aliphatic carbocycles. The molecule has 1 aromatic carbocycles. The highest BCUT2D eigenvalue weighted by molar-refractivity contribution is 6.30. The first kappa shape index (κ1) is 14.0. The van der Waals surface area contributed by atoms with Crippen LogP contribution in [0.25, 0.3) is 0 Å². The Morgan fingerprint density at radius 1 is 1.32 bits per heavy atom. The van der Waals surface area contributed by atoms with Crippen LogP contribution in [-0.4, -0.2) is 13.1 Å². The Balaban J connectivity index is 2.28. The highest BCUT2D eigenvalue weighted by atomic mass is 35.5. The molecular formula is C15H19ClN2O. The molecule has 0 aliphatic rings. The van der Waals surface area contributed by atoms with Gasteiger partial charge in [-0.25, -0.2) is 0 Å². The van der Waals surface area contributed by atoms with Crippen LogP contribution in [0.15, 0.2) is 41.0 Å². The van der Waals surface area contributed by atoms with E-state index in [2.05, 4.69) is 17.9 Å². The first-order valence-corrected chi connectivity index (χ1v) is 6.88. The second-order valence-corrected chi connectivity index (χ2v) is 4.84. The maximum atomic E-state index is 6.12. The molecule has 0 saturated carbocycles. The van der Waals surface area contributed by atoms with Crippen molar-refractivity contribution >= 4 is 17.3 Å². The van der Waals surface area contributed by atoms with Crippen LogP contribution in [0.1, 0.15) is 18.2 Å². The number of rotatable bonds is 6. The predicted octanol–water partition coefficient (Wildman–Crippen LogP) is 3.46. The topological polar surface area (TPSA) is 42.4 Å². The molecule has 0 amide bonds. The van der Waals surface area contributed by atoms with Gasteiger partial charge in [-0.1, -0.05) is 17.7 Å². The van der Waals surface area contributed by atoms with Gasteiger partial charge in [0.05, 0.1) is 12.8 Å². The summed E-state index contributed by atoms with van der Waals surface area (Å²) in [5.74, 6) is 0.945. The normalized spacial score (nSPS) is 10.7. The zero-order chi connectivity index (χ0) is 13.7. The number of anilines is 1. The molecule has 2 rings (SSSR count). The molecule has 0 atom stereocenters. The molecule has 1 heterocycles. The lowest BCUT2D eigenvalue weighted by Gasteiger charge is -2.25. The lowest BCUT2D eigenvalue weighted by atomic mass is 10.1. The summed E-state index contributed by atoms with van der Waals surface area (Å²) in [6.07, 6.45) is 2.54. The zero-order valence-electron chi connectivity index (χ0n) is 11.1. The van der Waals surface area contributed by atoms with Crippen LogP contribution in [0.2, 0.25) is 5.02 Å². The highest BCUT2D eigenvalue weighted by Gasteiger charge is 2.12. The van der Waals surface area contributed by atoms with E-state index in [9.17, 15) is 0 Å². The van der Waals surface area contributed by atoms with E-state index in [0.29, 0.717) is 6.54 Å². The Hall–Kier alpha value is -1.45. The fourth-order valence-corrected chi connectivity index (χ4v) is 2.32. The molecule has 19 heavy (non-hydrogen) atoms. The first-order valence-electron chi connectivity index (χ1n) is 6.50. The van der Waals surface area contributed by atoms with E-state index in [4.69, 9.17) is 21.8 Å². The lowest BCUT2D eigenvalue weighted by molar-refractivity contribution is 0.503. The third-order valence-corrected chi connectivity index (χ3v) is 3.35. The molecule has 0 unspecified atom stereocenters. The van der Waals surface area contributed by atoms with Gasteiger partial charge in [0.15, 0.2) is 0 Å². The van der Waals surface area contributed by atoms with E-state index in [1.165, 1.54) is 5.56 Å². The van der Waals surface area contributed by atoms with E-state index >= 15 is 0 Å². The summed E-state index contributed by atoms with van der Waals surface area (Å²) in [6, 6.07) is 9.85. The first-order chi connectivity index (χ1) is 9.24. The third-order valence-electron chi connectivity index (χ3n) is 3.11. The minimum absolute atomic E-state index is 0.632. The highest BCUT2D eigenvalue weighted by Crippen LogP contribution is 2.26. The van der Waals surface area contributed by atoms with Gasteiger partial charge in [0.25, 0.3) is 0 Å². The van der Waals surface area contributed by atoms with Gasteiger partial charge in [-0.2, -0.15) is 0 Å². The molecule has 1 aromatic heterocycles. The zero-order valence-corrected chi connectivity index (χ0v) is 11.9. The van der Waals surface area contributed by atoms with Crippen molar-refractivity contribution in [3.8, 4) is 0 Å². The molecule has 0 saturated heterocycles. The number of benzene rings is 1. The van der Waals surface area contributed by atoms with Gasteiger partial charge >= 0.3 is 0 Å². The SMILES string of the molecule is CCN(Cc1ccco1)c1cc(Cl)ccc1CCN. The standard InChI is InChI=1S/C15H19ClN2O/c1-2-18(11-14-4-3-9-19-14)15-10-13(16)6-5-12(15)7-8-17/h3-6,9-10H,2,7-8,11,17H2,1H3. The van der Waals surface area contributed by atoms with Crippen LogP contribution in [0.5, 0.6) is 0 Å². The molecule has 3 nitrogen and oxygen atoms in total. The van der Waals surface area contributed by atoms with Gasteiger partial charge < -0.3 is 15.1 Å². The molecule has 2 aromatic rings. The fourth-order valence-electron chi connectivity index (χ4n) is 2.16. The molecule has 0 aliphatic heterocycles. The number of hydrogen-bond acceptors (Lipinski definition) is 3. The van der Waals surface area contributed by atoms with Crippen molar-refractivity contribution in [2.24, 2.45) is 5.73 Å². The van der Waals surface area contributed by atoms with Crippen molar-refractivity contribution in [1.82, 2.24) is 0 Å². The summed E-state index contributed by atoms with van der Waals surface area (Å²) in [5, 5.41) is 0.744. The summed E-state index contributed by atoms with van der Waals surface area (Å²) in [5.41, 5.74) is 8.03. The van der Waals surface area contributed by atoms with Gasteiger partial charge in [0.1, 0.15) is 5.76 Å². The molecular weight excluding hydrogens is 260 g/mol. The van der Waals surface area contributed by atoms with Crippen molar-refractivity contribution in [3.05, 3.63) is 52.9 Å². The number of halogens is 1. The predicted molar refractivity (Wildman–Crippen MR) is 79.6 cm³/mol. The average molecular weight is 279 g/mol. The monoisotopic (exact) mass is 278 g/mol. The van der Waals surface area contributed by atoms with Gasteiger partial charge in [0, 0.05) is 17.3 Å². The van der Waals surface area contributed by atoms with Gasteiger partial charge in [-0.05, 0) is 49.7 Å². The van der Waals surface area contributed by atoms with E-state index in [1.807, 2.05) is 24.3 Å². The van der Waals surface area contributed by atoms with Crippen molar-refractivity contribution in [1.29, 1.82) is 0 Å². The van der Waals surface area contributed by atoms with Gasteiger partial charge in [0.2, 0.25) is 0 Å². The minimum Gasteiger partial charge on any atom is -0.467 e. The van der Waals surface area contributed by atoms with Gasteiger partial charge in [-0.3, -0.25) is 0 Å². The second kappa shape index (κ2) is 6.64. The van der Waals surface area contributed by atoms with Crippen LogP contribution in [0, 0.1) is 0 Å². The van der Waals surface area contributed by atoms with E-state index in [-0.39, 0.29) is 0 Å². The largest absolute Gasteiger partial charge is 0.467 e. The molecule has 102 valence electrons. The molecule has 4 heteroatoms. The molecule has 0 bridgehead atoms. The molecule has 0 fully saturated rings. The summed E-state index contributed by atoms with van der Waals surface area (Å²) in [6.45, 7) is 4.38. The third kappa shape index (κ3) is 3.52. The van der Waals surface area contributed by atoms with E-state index < -0.39 is 0 Å². The molecule has 0 radical (unpaired) electrons. The molecule has 2 N–H and O–H groups in total. The maximum absolute atomic E-state index is 6.12. The second-order valence-electron chi connectivity index (χ2n) is 4.41. The van der Waals surface area contributed by atoms with Crippen molar-refractivity contribution in [2.75, 3.05) is 18.0 Å². The Morgan fingerprint density at radius 2 is 2.16 bits per heavy atom. The average Bonchev–Trinajstić information content (AvgIpc) is 2.91. The maximum Gasteiger partial charge on any atom is 0.123 e. The number of hydrogen-bond donors (Lipinski definition) is 1. The minimum atomic E-state index is 0.632. The summed E-state index contributed by atoms with van der Waals surface area (Å²) in [7, 11) is 0. The summed E-state index contributed by atoms with van der Waals surface area (Å²) >= 11 is 6.12. The Labute approximate surface area is 119 Å². The van der Waals surface area contributed by atoms with Gasteiger partial charge in [-0.15, -0.1) is 0 Å². The number of furan rings is 1. The summed E-state index contributed by atoms with van der Waals surface area (Å²) < 4.78 is 5.42. The smallest absolute Gasteiger partial charge is 0.123 e. The Morgan fingerprint density at radius 3 is 2.79 bits per heavy atom. The number of nitrogens with zero attached hydrogens (tertiary/aromatic N) is 1. The quantitative estimate of drug-likeness (QED) is 0.880. The van der Waals surface area contributed by atoms with E-state index in [1.54, 1.807) is 6.26 Å². The van der Waals surface area contributed by atoms with Crippen molar-refractivity contribution in [3.63, 3.8) is 0 Å². The lowest BCUT2D eigenvalue weighted by Crippen LogP contribution is -2.23. The Kier molecular flexibility index (Phi) is 4.88. The fraction of sp³-hybridized carbons (Fsp3) is 0.333.